The molecule has 0 aliphatic rings. The lowest BCUT2D eigenvalue weighted by Crippen LogP contribution is -2.30. The van der Waals surface area contributed by atoms with Gasteiger partial charge in [-0.1, -0.05) is 43.8 Å². The molecule has 1 heterocycles. The Balaban J connectivity index is 1.89. The normalized spacial score (nSPS) is 11.6. The fourth-order valence-electron chi connectivity index (χ4n) is 2.34. The van der Waals surface area contributed by atoms with E-state index in [1.54, 1.807) is 38.1 Å². The number of hydrogen-bond donors (Lipinski definition) is 1. The largest absolute Gasteiger partial charge is 0.351 e. The van der Waals surface area contributed by atoms with Crippen molar-refractivity contribution in [3.05, 3.63) is 54.0 Å². The molecule has 0 spiro atoms. The van der Waals surface area contributed by atoms with Crippen LogP contribution in [0.1, 0.15) is 19.4 Å². The van der Waals surface area contributed by atoms with Crippen molar-refractivity contribution in [2.24, 2.45) is 0 Å². The van der Waals surface area contributed by atoms with E-state index in [1.807, 2.05) is 0 Å². The highest BCUT2D eigenvalue weighted by Gasteiger charge is 2.21. The van der Waals surface area contributed by atoms with E-state index >= 15 is 0 Å². The average Bonchev–Trinajstić information content (AvgIpc) is 2.67. The molecule has 146 valence electrons. The SMILES string of the molecule is CCN(CC)S(=O)(=O)c1ccc(SCC(=O)NCc2ccccc2F)nc1. The first-order chi connectivity index (χ1) is 12.9. The highest BCUT2D eigenvalue weighted by molar-refractivity contribution is 7.99. The number of halogens is 1. The van der Waals surface area contributed by atoms with Gasteiger partial charge in [0, 0.05) is 31.4 Å². The van der Waals surface area contributed by atoms with E-state index in [2.05, 4.69) is 10.3 Å². The molecule has 1 N–H and O–H groups in total. The van der Waals surface area contributed by atoms with E-state index in [-0.39, 0.29) is 28.9 Å². The number of nitrogens with zero attached hydrogens (tertiary/aromatic N) is 2. The first kappa shape index (κ1) is 21.3. The number of pyridine rings is 1. The van der Waals surface area contributed by atoms with Crippen molar-refractivity contribution in [1.29, 1.82) is 0 Å². The van der Waals surface area contributed by atoms with Crippen molar-refractivity contribution in [3.63, 3.8) is 0 Å². The number of rotatable bonds is 9. The summed E-state index contributed by atoms with van der Waals surface area (Å²) in [5.41, 5.74) is 0.417. The van der Waals surface area contributed by atoms with Gasteiger partial charge in [0.1, 0.15) is 10.7 Å². The van der Waals surface area contributed by atoms with Crippen LogP contribution in [-0.2, 0) is 21.4 Å². The van der Waals surface area contributed by atoms with Gasteiger partial charge in [0.05, 0.1) is 10.8 Å². The molecular formula is C18H22FN3O3S2. The minimum absolute atomic E-state index is 0.101. The first-order valence-corrected chi connectivity index (χ1v) is 10.9. The summed E-state index contributed by atoms with van der Waals surface area (Å²) >= 11 is 1.18. The summed E-state index contributed by atoms with van der Waals surface area (Å²) in [5, 5.41) is 3.18. The first-order valence-electron chi connectivity index (χ1n) is 8.47. The van der Waals surface area contributed by atoms with E-state index in [4.69, 9.17) is 0 Å². The van der Waals surface area contributed by atoms with Crippen molar-refractivity contribution >= 4 is 27.7 Å². The van der Waals surface area contributed by atoms with Crippen LogP contribution in [0.2, 0.25) is 0 Å². The van der Waals surface area contributed by atoms with Crippen LogP contribution < -0.4 is 5.32 Å². The van der Waals surface area contributed by atoms with E-state index in [9.17, 15) is 17.6 Å². The van der Waals surface area contributed by atoms with E-state index < -0.39 is 10.0 Å². The van der Waals surface area contributed by atoms with Crippen molar-refractivity contribution in [2.75, 3.05) is 18.8 Å². The molecule has 0 atom stereocenters. The van der Waals surface area contributed by atoms with Crippen LogP contribution in [0, 0.1) is 5.82 Å². The van der Waals surface area contributed by atoms with Crippen LogP contribution >= 0.6 is 11.8 Å². The number of hydrogen-bond acceptors (Lipinski definition) is 5. The molecule has 0 fully saturated rings. The summed E-state index contributed by atoms with van der Waals surface area (Å²) in [6.07, 6.45) is 1.30. The molecule has 0 saturated carbocycles. The fourth-order valence-corrected chi connectivity index (χ4v) is 4.42. The highest BCUT2D eigenvalue weighted by atomic mass is 32.2. The average molecular weight is 412 g/mol. The van der Waals surface area contributed by atoms with Crippen LogP contribution in [0.25, 0.3) is 0 Å². The number of sulfonamides is 1. The number of benzene rings is 1. The predicted molar refractivity (Wildman–Crippen MR) is 103 cm³/mol. The quantitative estimate of drug-likeness (QED) is 0.642. The van der Waals surface area contributed by atoms with E-state index in [0.717, 1.165) is 0 Å². The molecule has 0 unspecified atom stereocenters. The number of thioether (sulfide) groups is 1. The molecule has 6 nitrogen and oxygen atoms in total. The predicted octanol–water partition coefficient (Wildman–Crippen LogP) is 2.66. The molecule has 0 saturated heterocycles. The summed E-state index contributed by atoms with van der Waals surface area (Å²) in [6.45, 7) is 4.44. The second-order valence-electron chi connectivity index (χ2n) is 5.58. The Labute approximate surface area is 163 Å². The third kappa shape index (κ3) is 5.75. The van der Waals surface area contributed by atoms with Gasteiger partial charge in [-0.05, 0) is 18.2 Å². The molecule has 1 aromatic carbocycles. The number of nitrogens with one attached hydrogen (secondary N) is 1. The standard InChI is InChI=1S/C18H22FN3O3S2/c1-3-22(4-2)27(24,25)15-9-10-18(21-12-15)26-13-17(23)20-11-14-7-5-6-8-16(14)19/h5-10,12H,3-4,11,13H2,1-2H3,(H,20,23). The van der Waals surface area contributed by atoms with Gasteiger partial charge in [0.15, 0.2) is 0 Å². The molecule has 0 aliphatic carbocycles. The van der Waals surface area contributed by atoms with E-state index in [0.29, 0.717) is 23.7 Å². The van der Waals surface area contributed by atoms with Gasteiger partial charge in [0.25, 0.3) is 0 Å². The maximum Gasteiger partial charge on any atom is 0.244 e. The Morgan fingerprint density at radius 2 is 1.89 bits per heavy atom. The minimum Gasteiger partial charge on any atom is -0.351 e. The zero-order valence-corrected chi connectivity index (χ0v) is 16.8. The summed E-state index contributed by atoms with van der Waals surface area (Å²) in [7, 11) is -3.55. The number of carbonyl (C=O) groups is 1. The monoisotopic (exact) mass is 411 g/mol. The second kappa shape index (κ2) is 9.82. The Bertz CT molecular complexity index is 870. The van der Waals surface area contributed by atoms with Gasteiger partial charge in [-0.2, -0.15) is 4.31 Å². The Hall–Kier alpha value is -1.97. The van der Waals surface area contributed by atoms with Crippen molar-refractivity contribution in [1.82, 2.24) is 14.6 Å². The fraction of sp³-hybridized carbons (Fsp3) is 0.333. The Morgan fingerprint density at radius 1 is 1.19 bits per heavy atom. The molecule has 0 radical (unpaired) electrons. The molecule has 9 heteroatoms. The van der Waals surface area contributed by atoms with Crippen molar-refractivity contribution in [2.45, 2.75) is 30.3 Å². The van der Waals surface area contributed by atoms with Gasteiger partial charge < -0.3 is 5.32 Å². The maximum atomic E-state index is 13.5. The lowest BCUT2D eigenvalue weighted by molar-refractivity contribution is -0.118. The summed E-state index contributed by atoms with van der Waals surface area (Å²) in [5.74, 6) is -0.522. The summed E-state index contributed by atoms with van der Waals surface area (Å²) in [4.78, 5) is 16.2. The van der Waals surface area contributed by atoms with Crippen LogP contribution in [0.4, 0.5) is 4.39 Å². The zero-order valence-electron chi connectivity index (χ0n) is 15.2. The third-order valence-electron chi connectivity index (χ3n) is 3.84. The van der Waals surface area contributed by atoms with Crippen LogP contribution in [0.3, 0.4) is 0 Å². The van der Waals surface area contributed by atoms with Crippen molar-refractivity contribution < 1.29 is 17.6 Å². The van der Waals surface area contributed by atoms with E-state index in [1.165, 1.54) is 34.4 Å². The number of carbonyl (C=O) groups excluding carboxylic acids is 1. The number of aromatic nitrogens is 1. The van der Waals surface area contributed by atoms with Crippen LogP contribution in [0.15, 0.2) is 52.5 Å². The van der Waals surface area contributed by atoms with Gasteiger partial charge >= 0.3 is 0 Å². The second-order valence-corrected chi connectivity index (χ2v) is 8.51. The summed E-state index contributed by atoms with van der Waals surface area (Å²) in [6, 6.07) is 9.31. The van der Waals surface area contributed by atoms with Gasteiger partial charge in [-0.3, -0.25) is 4.79 Å². The Morgan fingerprint density at radius 3 is 2.48 bits per heavy atom. The molecule has 2 aromatic rings. The molecule has 1 amide bonds. The smallest absolute Gasteiger partial charge is 0.244 e. The minimum atomic E-state index is -3.55. The summed E-state index contributed by atoms with van der Waals surface area (Å²) < 4.78 is 39.7. The third-order valence-corrected chi connectivity index (χ3v) is 6.81. The number of amides is 1. The van der Waals surface area contributed by atoms with Gasteiger partial charge in [0.2, 0.25) is 15.9 Å². The lowest BCUT2D eigenvalue weighted by atomic mass is 10.2. The maximum absolute atomic E-state index is 13.5. The Kier molecular flexibility index (Phi) is 7.76. The van der Waals surface area contributed by atoms with Gasteiger partial charge in [-0.15, -0.1) is 0 Å². The topological polar surface area (TPSA) is 79.4 Å². The molecule has 1 aromatic heterocycles. The highest BCUT2D eigenvalue weighted by Crippen LogP contribution is 2.19. The lowest BCUT2D eigenvalue weighted by Gasteiger charge is -2.18. The molecule has 2 rings (SSSR count). The van der Waals surface area contributed by atoms with Crippen LogP contribution in [-0.4, -0.2) is 42.5 Å². The zero-order chi connectivity index (χ0) is 19.9. The van der Waals surface area contributed by atoms with Crippen molar-refractivity contribution in [3.8, 4) is 0 Å². The molecule has 27 heavy (non-hydrogen) atoms. The van der Waals surface area contributed by atoms with Gasteiger partial charge in [-0.25, -0.2) is 17.8 Å². The molecular weight excluding hydrogens is 389 g/mol. The molecule has 0 bridgehead atoms. The molecule has 0 aliphatic heterocycles. The van der Waals surface area contributed by atoms with Crippen LogP contribution in [0.5, 0.6) is 0 Å².